The minimum Gasteiger partial charge on any atom is -0.377 e. The normalized spacial score (nSPS) is 18.3. The number of aryl methyl sites for hydroxylation is 1. The highest BCUT2D eigenvalue weighted by Crippen LogP contribution is 2.36. The number of rotatable bonds is 9. The van der Waals surface area contributed by atoms with Gasteiger partial charge in [-0.2, -0.15) is 0 Å². The first-order valence-electron chi connectivity index (χ1n) is 14.1. The van der Waals surface area contributed by atoms with Gasteiger partial charge in [-0.1, -0.05) is 18.7 Å². The second-order valence-electron chi connectivity index (χ2n) is 11.0. The summed E-state index contributed by atoms with van der Waals surface area (Å²) in [4.78, 5) is 16.8. The van der Waals surface area contributed by atoms with Crippen molar-refractivity contribution >= 4 is 44.5 Å². The van der Waals surface area contributed by atoms with Gasteiger partial charge in [0.05, 0.1) is 29.0 Å². The molecule has 4 heterocycles. The van der Waals surface area contributed by atoms with Crippen molar-refractivity contribution < 1.29 is 4.74 Å². The summed E-state index contributed by atoms with van der Waals surface area (Å²) in [6, 6.07) is 8.96. The van der Waals surface area contributed by atoms with Crippen molar-refractivity contribution in [1.82, 2.24) is 14.9 Å². The second-order valence-corrected chi connectivity index (χ2v) is 12.0. The minimum absolute atomic E-state index is 0.257. The Labute approximate surface area is 237 Å². The standard InChI is InChI=1S/C33H40N4OS/c1-21(2)38-17-16-37-14-7-8-26(12-15-37)27-11-13-34-28(19-27)18-22(3)33-36-31-10-9-29(24(5)32(31)39-33)30-20-35-25(6)23(30)4/h8-11,13,19-21,25H,3,7,12,14-18H2,1-2,4-6H3. The van der Waals surface area contributed by atoms with Crippen LogP contribution < -0.4 is 0 Å². The number of hydrogen-bond donors (Lipinski definition) is 0. The van der Waals surface area contributed by atoms with Gasteiger partial charge in [0.15, 0.2) is 0 Å². The molecule has 0 spiro atoms. The number of benzene rings is 1. The number of aromatic nitrogens is 2. The third-order valence-corrected chi connectivity index (χ3v) is 9.14. The van der Waals surface area contributed by atoms with Gasteiger partial charge < -0.3 is 9.64 Å². The van der Waals surface area contributed by atoms with Crippen LogP contribution in [0.2, 0.25) is 0 Å². The van der Waals surface area contributed by atoms with Crippen LogP contribution in [0.1, 0.15) is 67.9 Å². The number of allylic oxidation sites excluding steroid dienone is 2. The summed E-state index contributed by atoms with van der Waals surface area (Å²) in [6.45, 7) is 19.1. The van der Waals surface area contributed by atoms with Crippen LogP contribution in [0.15, 0.2) is 53.7 Å². The molecule has 204 valence electrons. The fourth-order valence-corrected chi connectivity index (χ4v) is 6.39. The Bertz CT molecular complexity index is 1460. The molecule has 1 atom stereocenters. The van der Waals surface area contributed by atoms with E-state index in [1.54, 1.807) is 11.3 Å². The number of ether oxygens (including phenoxy) is 1. The van der Waals surface area contributed by atoms with Gasteiger partial charge in [0.25, 0.3) is 0 Å². The van der Waals surface area contributed by atoms with Crippen molar-refractivity contribution in [3.05, 3.63) is 76.1 Å². The molecule has 0 amide bonds. The molecule has 0 bridgehead atoms. The molecule has 39 heavy (non-hydrogen) atoms. The van der Waals surface area contributed by atoms with E-state index in [2.05, 4.69) is 86.4 Å². The molecule has 5 nitrogen and oxygen atoms in total. The molecule has 6 heteroatoms. The van der Waals surface area contributed by atoms with Crippen molar-refractivity contribution in [1.29, 1.82) is 0 Å². The number of thiazole rings is 1. The van der Waals surface area contributed by atoms with E-state index < -0.39 is 0 Å². The average molecular weight is 541 g/mol. The fourth-order valence-electron chi connectivity index (χ4n) is 5.36. The zero-order chi connectivity index (χ0) is 27.5. The van der Waals surface area contributed by atoms with E-state index in [0.717, 1.165) is 60.9 Å². The van der Waals surface area contributed by atoms with E-state index in [0.29, 0.717) is 6.42 Å². The van der Waals surface area contributed by atoms with E-state index in [4.69, 9.17) is 9.72 Å². The smallest absolute Gasteiger partial charge is 0.120 e. The number of pyridine rings is 1. The monoisotopic (exact) mass is 540 g/mol. The lowest BCUT2D eigenvalue weighted by atomic mass is 9.96. The molecule has 2 aliphatic rings. The van der Waals surface area contributed by atoms with Crippen molar-refractivity contribution in [2.75, 3.05) is 26.2 Å². The predicted octanol–water partition coefficient (Wildman–Crippen LogP) is 7.41. The largest absolute Gasteiger partial charge is 0.377 e. The minimum atomic E-state index is 0.257. The summed E-state index contributed by atoms with van der Waals surface area (Å²) in [7, 11) is 0. The first kappa shape index (κ1) is 27.6. The highest BCUT2D eigenvalue weighted by Gasteiger charge is 2.19. The Hall–Kier alpha value is -2.93. The summed E-state index contributed by atoms with van der Waals surface area (Å²) in [5, 5.41) is 0.990. The molecule has 3 aromatic rings. The van der Waals surface area contributed by atoms with E-state index in [9.17, 15) is 0 Å². The average Bonchev–Trinajstić information content (AvgIpc) is 3.41. The van der Waals surface area contributed by atoms with Crippen LogP contribution in [0.25, 0.3) is 26.9 Å². The maximum absolute atomic E-state index is 5.76. The number of aliphatic imine (C=N–C) groups is 1. The Morgan fingerprint density at radius 1 is 1.21 bits per heavy atom. The quantitative estimate of drug-likeness (QED) is 0.284. The van der Waals surface area contributed by atoms with Gasteiger partial charge in [-0.25, -0.2) is 4.98 Å². The molecule has 0 radical (unpaired) electrons. The van der Waals surface area contributed by atoms with Crippen LogP contribution in [0.4, 0.5) is 0 Å². The lowest BCUT2D eigenvalue weighted by molar-refractivity contribution is 0.0600. The van der Waals surface area contributed by atoms with Crippen LogP contribution >= 0.6 is 11.3 Å². The van der Waals surface area contributed by atoms with Crippen molar-refractivity contribution in [2.45, 2.75) is 66.0 Å². The van der Waals surface area contributed by atoms with Gasteiger partial charge in [-0.05, 0) is 99.1 Å². The fraction of sp³-hybridized carbons (Fsp3) is 0.424. The molecule has 0 fully saturated rings. The molecule has 0 aliphatic carbocycles. The van der Waals surface area contributed by atoms with E-state index >= 15 is 0 Å². The summed E-state index contributed by atoms with van der Waals surface area (Å²) in [5.74, 6) is 0. The Morgan fingerprint density at radius 2 is 2.05 bits per heavy atom. The molecule has 5 rings (SSSR count). The maximum Gasteiger partial charge on any atom is 0.120 e. The molecule has 1 unspecified atom stereocenters. The highest BCUT2D eigenvalue weighted by molar-refractivity contribution is 7.19. The molecule has 0 N–H and O–H groups in total. The van der Waals surface area contributed by atoms with Gasteiger partial charge in [-0.3, -0.25) is 9.98 Å². The SMILES string of the molecule is C=C(Cc1cc(C2=CCCN(CCOC(C)C)CC2)ccn1)c1nc2ccc(C3=C(C)C(C)N=C3)c(C)c2s1. The lowest BCUT2D eigenvalue weighted by Crippen LogP contribution is -2.29. The van der Waals surface area contributed by atoms with Crippen LogP contribution in [-0.2, 0) is 11.2 Å². The Morgan fingerprint density at radius 3 is 2.82 bits per heavy atom. The second kappa shape index (κ2) is 12.1. The van der Waals surface area contributed by atoms with E-state index in [-0.39, 0.29) is 12.1 Å². The summed E-state index contributed by atoms with van der Waals surface area (Å²) < 4.78 is 6.99. The zero-order valence-electron chi connectivity index (χ0n) is 24.0. The molecule has 2 aromatic heterocycles. The van der Waals surface area contributed by atoms with Crippen molar-refractivity contribution in [2.24, 2.45) is 4.99 Å². The highest BCUT2D eigenvalue weighted by atomic mass is 32.1. The van der Waals surface area contributed by atoms with E-state index in [1.165, 1.54) is 38.1 Å². The van der Waals surface area contributed by atoms with Crippen LogP contribution in [0.5, 0.6) is 0 Å². The lowest BCUT2D eigenvalue weighted by Gasteiger charge is -2.20. The maximum atomic E-state index is 5.76. The first-order valence-corrected chi connectivity index (χ1v) is 14.9. The van der Waals surface area contributed by atoms with Crippen molar-refractivity contribution in [3.63, 3.8) is 0 Å². The molecular weight excluding hydrogens is 500 g/mol. The van der Waals surface area contributed by atoms with Gasteiger partial charge in [0, 0.05) is 49.7 Å². The molecule has 2 aliphatic heterocycles. The van der Waals surface area contributed by atoms with Gasteiger partial charge in [0.2, 0.25) is 0 Å². The molecule has 0 saturated carbocycles. The number of hydrogen-bond acceptors (Lipinski definition) is 6. The Kier molecular flexibility index (Phi) is 8.55. The summed E-state index contributed by atoms with van der Waals surface area (Å²) in [5.41, 5.74) is 10.9. The summed E-state index contributed by atoms with van der Waals surface area (Å²) >= 11 is 1.74. The van der Waals surface area contributed by atoms with E-state index in [1.807, 2.05) is 12.4 Å². The molecule has 1 aromatic carbocycles. The number of fused-ring (bicyclic) bond motifs is 1. The summed E-state index contributed by atoms with van der Waals surface area (Å²) in [6.07, 6.45) is 9.46. The van der Waals surface area contributed by atoms with Crippen molar-refractivity contribution in [3.8, 4) is 0 Å². The van der Waals surface area contributed by atoms with Gasteiger partial charge in [0.1, 0.15) is 5.01 Å². The molecule has 0 saturated heterocycles. The van der Waals surface area contributed by atoms with Crippen LogP contribution in [0, 0.1) is 6.92 Å². The Balaban J connectivity index is 1.28. The zero-order valence-corrected chi connectivity index (χ0v) is 24.8. The predicted molar refractivity (Wildman–Crippen MR) is 167 cm³/mol. The first-order chi connectivity index (χ1) is 18.8. The topological polar surface area (TPSA) is 50.6 Å². The third-order valence-electron chi connectivity index (χ3n) is 7.85. The van der Waals surface area contributed by atoms with Gasteiger partial charge >= 0.3 is 0 Å². The number of nitrogens with zero attached hydrogens (tertiary/aromatic N) is 4. The van der Waals surface area contributed by atoms with Gasteiger partial charge in [-0.15, -0.1) is 11.3 Å². The van der Waals surface area contributed by atoms with Crippen LogP contribution in [-0.4, -0.2) is 59.5 Å². The molecular formula is C33H40N4OS. The third kappa shape index (κ3) is 6.29. The van der Waals surface area contributed by atoms with Crippen LogP contribution in [0.3, 0.4) is 0 Å².